The first-order valence-electron chi connectivity index (χ1n) is 9.14. The van der Waals surface area contributed by atoms with Crippen LogP contribution in [0.3, 0.4) is 0 Å². The van der Waals surface area contributed by atoms with Crippen molar-refractivity contribution in [2.75, 3.05) is 25.7 Å². The molecule has 0 aromatic rings. The summed E-state index contributed by atoms with van der Waals surface area (Å²) in [6, 6.07) is -3.16. The summed E-state index contributed by atoms with van der Waals surface area (Å²) in [7, 11) is 1.13. The molecule has 11 heteroatoms. The Bertz CT molecular complexity index is 578. The van der Waals surface area contributed by atoms with Gasteiger partial charge in [-0.3, -0.25) is 9.59 Å². The number of carbonyl (C=O) groups is 4. The average molecular weight is 436 g/mol. The van der Waals surface area contributed by atoms with Gasteiger partial charge in [0.05, 0.1) is 13.7 Å². The van der Waals surface area contributed by atoms with Crippen molar-refractivity contribution in [3.05, 3.63) is 0 Å². The molecule has 0 bridgehead atoms. The molecule has 29 heavy (non-hydrogen) atoms. The molecular weight excluding hydrogens is 402 g/mol. The van der Waals surface area contributed by atoms with Gasteiger partial charge < -0.3 is 30.5 Å². The smallest absolute Gasteiger partial charge is 0.408 e. The summed E-state index contributed by atoms with van der Waals surface area (Å²) in [5.41, 5.74) is -0.726. The van der Waals surface area contributed by atoms with Crippen LogP contribution in [0.1, 0.15) is 34.6 Å². The van der Waals surface area contributed by atoms with Gasteiger partial charge in [0.2, 0.25) is 11.8 Å². The summed E-state index contributed by atoms with van der Waals surface area (Å²) in [5.74, 6) is -2.09. The number of amides is 3. The molecule has 168 valence electrons. The number of nitrogens with one attached hydrogen (secondary N) is 3. The molecule has 3 amide bonds. The number of carbonyl (C=O) groups excluding carboxylic acids is 4. The lowest BCUT2D eigenvalue weighted by atomic mass is 10.0. The van der Waals surface area contributed by atoms with Crippen molar-refractivity contribution < 1.29 is 33.8 Å². The van der Waals surface area contributed by atoms with Crippen molar-refractivity contribution in [3.8, 4) is 0 Å². The number of rotatable bonds is 10. The standard InChI is InChI=1S/C18H33N3O7S/c1-10(2)13(21-17(26)28-18(3,4)5)15(24)20-12(9-29-7)14(23)19-11(8-22)16(25)27-6/h10-13,22H,8-9H2,1-7H3,(H,19,23)(H,20,24)(H,21,26)/t11-,12-,13-/m0/s1. The van der Waals surface area contributed by atoms with Gasteiger partial charge in [-0.15, -0.1) is 0 Å². The second kappa shape index (κ2) is 12.5. The van der Waals surface area contributed by atoms with Crippen molar-refractivity contribution in [1.82, 2.24) is 16.0 Å². The minimum absolute atomic E-state index is 0.216. The van der Waals surface area contributed by atoms with Crippen molar-refractivity contribution in [3.63, 3.8) is 0 Å². The van der Waals surface area contributed by atoms with Gasteiger partial charge in [-0.2, -0.15) is 11.8 Å². The second-order valence-electron chi connectivity index (χ2n) is 7.65. The zero-order chi connectivity index (χ0) is 22.8. The summed E-state index contributed by atoms with van der Waals surface area (Å²) in [5, 5.41) is 16.7. The molecule has 0 aromatic carbocycles. The molecule has 0 saturated heterocycles. The number of ether oxygens (including phenoxy) is 2. The second-order valence-corrected chi connectivity index (χ2v) is 8.56. The summed E-state index contributed by atoms with van der Waals surface area (Å²) in [4.78, 5) is 48.8. The van der Waals surface area contributed by atoms with Crippen LogP contribution in [0.25, 0.3) is 0 Å². The first-order valence-corrected chi connectivity index (χ1v) is 10.5. The Kier molecular flexibility index (Phi) is 11.7. The Morgan fingerprint density at radius 2 is 1.55 bits per heavy atom. The van der Waals surface area contributed by atoms with Gasteiger partial charge in [0.15, 0.2) is 6.04 Å². The lowest BCUT2D eigenvalue weighted by molar-refractivity contribution is -0.146. The molecule has 0 aromatic heterocycles. The number of aliphatic hydroxyl groups is 1. The topological polar surface area (TPSA) is 143 Å². The van der Waals surface area contributed by atoms with Crippen LogP contribution in [0, 0.1) is 5.92 Å². The van der Waals surface area contributed by atoms with Gasteiger partial charge in [-0.05, 0) is 32.9 Å². The third kappa shape index (κ3) is 10.4. The van der Waals surface area contributed by atoms with Crippen LogP contribution in [-0.4, -0.2) is 78.4 Å². The molecule has 0 spiro atoms. The lowest BCUT2D eigenvalue weighted by Crippen LogP contribution is -2.58. The maximum absolute atomic E-state index is 12.7. The molecule has 0 aliphatic carbocycles. The molecule has 10 nitrogen and oxygen atoms in total. The number of alkyl carbamates (subject to hydrolysis) is 1. The fraction of sp³-hybridized carbons (Fsp3) is 0.778. The van der Waals surface area contributed by atoms with Gasteiger partial charge in [-0.25, -0.2) is 9.59 Å². The van der Waals surface area contributed by atoms with E-state index in [0.717, 1.165) is 7.11 Å². The molecule has 0 aliphatic rings. The predicted octanol–water partition coefficient (Wildman–Crippen LogP) is 0.0336. The Morgan fingerprint density at radius 3 is 1.97 bits per heavy atom. The quantitative estimate of drug-likeness (QED) is 0.352. The highest BCUT2D eigenvalue weighted by Crippen LogP contribution is 2.09. The summed E-state index contributed by atoms with van der Waals surface area (Å²) >= 11 is 1.30. The molecule has 0 heterocycles. The number of thioether (sulfide) groups is 1. The summed E-state index contributed by atoms with van der Waals surface area (Å²) < 4.78 is 9.69. The fourth-order valence-corrected chi connectivity index (χ4v) is 2.74. The van der Waals surface area contributed by atoms with Gasteiger partial charge in [0, 0.05) is 5.75 Å². The third-order valence-electron chi connectivity index (χ3n) is 3.57. The van der Waals surface area contributed by atoms with E-state index < -0.39 is 54.2 Å². The Balaban J connectivity index is 5.21. The Hall–Kier alpha value is -2.01. The zero-order valence-electron chi connectivity index (χ0n) is 18.0. The molecular formula is C18H33N3O7S. The van der Waals surface area contributed by atoms with E-state index in [1.165, 1.54) is 11.8 Å². The minimum Gasteiger partial charge on any atom is -0.467 e. The van der Waals surface area contributed by atoms with Gasteiger partial charge in [0.1, 0.15) is 17.7 Å². The molecule has 0 fully saturated rings. The third-order valence-corrected chi connectivity index (χ3v) is 4.24. The number of hydrogen-bond acceptors (Lipinski definition) is 8. The van der Waals surface area contributed by atoms with Crippen LogP contribution in [0.5, 0.6) is 0 Å². The van der Waals surface area contributed by atoms with E-state index in [-0.39, 0.29) is 11.7 Å². The zero-order valence-corrected chi connectivity index (χ0v) is 18.8. The highest BCUT2D eigenvalue weighted by molar-refractivity contribution is 7.98. The lowest BCUT2D eigenvalue weighted by Gasteiger charge is -2.27. The summed E-state index contributed by atoms with van der Waals surface area (Å²) in [6.07, 6.45) is 0.998. The average Bonchev–Trinajstić information content (AvgIpc) is 2.61. The molecule has 0 rings (SSSR count). The Morgan fingerprint density at radius 1 is 1.00 bits per heavy atom. The van der Waals surface area contributed by atoms with Crippen LogP contribution in [0.4, 0.5) is 4.79 Å². The molecule has 0 saturated carbocycles. The predicted molar refractivity (Wildman–Crippen MR) is 109 cm³/mol. The van der Waals surface area contributed by atoms with E-state index in [0.29, 0.717) is 0 Å². The van der Waals surface area contributed by atoms with E-state index in [4.69, 9.17) is 4.74 Å². The van der Waals surface area contributed by atoms with E-state index in [1.807, 2.05) is 0 Å². The first kappa shape index (κ1) is 27.0. The maximum atomic E-state index is 12.7. The fourth-order valence-electron chi connectivity index (χ4n) is 2.17. The monoisotopic (exact) mass is 435 g/mol. The van der Waals surface area contributed by atoms with E-state index in [2.05, 4.69) is 20.7 Å². The van der Waals surface area contributed by atoms with Crippen molar-refractivity contribution in [1.29, 1.82) is 0 Å². The van der Waals surface area contributed by atoms with Gasteiger partial charge in [0.25, 0.3) is 0 Å². The molecule has 0 aliphatic heterocycles. The first-order chi connectivity index (χ1) is 13.4. The van der Waals surface area contributed by atoms with Gasteiger partial charge in [-0.1, -0.05) is 13.8 Å². The SMILES string of the molecule is COC(=O)[C@H](CO)NC(=O)[C@H](CSC)NC(=O)[C@@H](NC(=O)OC(C)(C)C)C(C)C. The minimum atomic E-state index is -1.24. The van der Waals surface area contributed by atoms with Crippen molar-refractivity contribution in [2.24, 2.45) is 5.92 Å². The van der Waals surface area contributed by atoms with E-state index in [9.17, 15) is 24.3 Å². The number of esters is 1. The number of aliphatic hydroxyl groups excluding tert-OH is 1. The number of methoxy groups -OCH3 is 1. The normalized spacial score (nSPS) is 14.4. The number of hydrogen-bond donors (Lipinski definition) is 4. The largest absolute Gasteiger partial charge is 0.467 e. The van der Waals surface area contributed by atoms with E-state index in [1.54, 1.807) is 40.9 Å². The molecule has 4 N–H and O–H groups in total. The molecule has 0 radical (unpaired) electrons. The van der Waals surface area contributed by atoms with Crippen molar-refractivity contribution >= 4 is 35.6 Å². The molecule has 3 atom stereocenters. The Labute approximate surface area is 175 Å². The van der Waals surface area contributed by atoms with Crippen LogP contribution >= 0.6 is 11.8 Å². The van der Waals surface area contributed by atoms with Crippen LogP contribution in [0.2, 0.25) is 0 Å². The van der Waals surface area contributed by atoms with Gasteiger partial charge >= 0.3 is 12.1 Å². The van der Waals surface area contributed by atoms with Crippen LogP contribution < -0.4 is 16.0 Å². The highest BCUT2D eigenvalue weighted by atomic mass is 32.2. The highest BCUT2D eigenvalue weighted by Gasteiger charge is 2.31. The van der Waals surface area contributed by atoms with Crippen LogP contribution in [-0.2, 0) is 23.9 Å². The van der Waals surface area contributed by atoms with Crippen LogP contribution in [0.15, 0.2) is 0 Å². The van der Waals surface area contributed by atoms with E-state index >= 15 is 0 Å². The maximum Gasteiger partial charge on any atom is 0.408 e. The summed E-state index contributed by atoms with van der Waals surface area (Å²) in [6.45, 7) is 7.94. The molecule has 0 unspecified atom stereocenters. The van der Waals surface area contributed by atoms with Crippen molar-refractivity contribution in [2.45, 2.75) is 58.3 Å².